The van der Waals surface area contributed by atoms with Crippen LogP contribution in [0.25, 0.3) is 0 Å². The van der Waals surface area contributed by atoms with E-state index in [9.17, 15) is 20.2 Å². The number of hydrogen-bond donors (Lipinski definition) is 0. The molecule has 18 heavy (non-hydrogen) atoms. The summed E-state index contributed by atoms with van der Waals surface area (Å²) in [5.74, 6) is -0.150. The van der Waals surface area contributed by atoms with E-state index in [4.69, 9.17) is 9.47 Å². The third-order valence-electron chi connectivity index (χ3n) is 2.68. The summed E-state index contributed by atoms with van der Waals surface area (Å²) in [7, 11) is 1.23. The van der Waals surface area contributed by atoms with Gasteiger partial charge in [0.2, 0.25) is 11.5 Å². The molecule has 0 radical (unpaired) electrons. The second kappa shape index (κ2) is 4.13. The van der Waals surface area contributed by atoms with Crippen molar-refractivity contribution in [3.05, 3.63) is 31.9 Å². The first-order valence-corrected chi connectivity index (χ1v) is 5.15. The summed E-state index contributed by atoms with van der Waals surface area (Å²) < 4.78 is 10.1. The van der Waals surface area contributed by atoms with E-state index < -0.39 is 21.2 Å². The van der Waals surface area contributed by atoms with Crippen molar-refractivity contribution in [3.63, 3.8) is 0 Å². The zero-order chi connectivity index (χ0) is 13.4. The van der Waals surface area contributed by atoms with Crippen LogP contribution < -0.4 is 9.47 Å². The summed E-state index contributed by atoms with van der Waals surface area (Å²) in [6.07, 6.45) is 0.218. The van der Waals surface area contributed by atoms with Crippen molar-refractivity contribution in [1.29, 1.82) is 0 Å². The van der Waals surface area contributed by atoms with Crippen molar-refractivity contribution in [2.45, 2.75) is 19.4 Å². The van der Waals surface area contributed by atoms with Crippen LogP contribution in [0.4, 0.5) is 11.4 Å². The minimum Gasteiger partial charge on any atom is -0.490 e. The lowest BCUT2D eigenvalue weighted by Crippen LogP contribution is -2.06. The van der Waals surface area contributed by atoms with Crippen LogP contribution in [0.5, 0.6) is 11.5 Å². The quantitative estimate of drug-likeness (QED) is 0.601. The lowest BCUT2D eigenvalue weighted by molar-refractivity contribution is -0.423. The standard InChI is InChI=1S/C10H10N2O6/c1-5-3-6-4-7(17-2)8(11(13)14)9(12(15)16)10(6)18-5/h4-5H,3H2,1-2H3. The number of rotatable bonds is 3. The molecular weight excluding hydrogens is 244 g/mol. The van der Waals surface area contributed by atoms with Gasteiger partial charge in [-0.2, -0.15) is 0 Å². The number of benzene rings is 1. The van der Waals surface area contributed by atoms with Gasteiger partial charge in [0, 0.05) is 12.0 Å². The molecule has 2 rings (SSSR count). The zero-order valence-electron chi connectivity index (χ0n) is 9.71. The van der Waals surface area contributed by atoms with E-state index in [0.29, 0.717) is 12.0 Å². The summed E-state index contributed by atoms with van der Waals surface area (Å²) in [4.78, 5) is 20.3. The second-order valence-electron chi connectivity index (χ2n) is 3.91. The van der Waals surface area contributed by atoms with E-state index >= 15 is 0 Å². The van der Waals surface area contributed by atoms with E-state index in [-0.39, 0.29) is 17.6 Å². The Morgan fingerprint density at radius 3 is 2.44 bits per heavy atom. The van der Waals surface area contributed by atoms with Gasteiger partial charge in [-0.3, -0.25) is 20.2 Å². The molecule has 1 aliphatic rings. The Morgan fingerprint density at radius 1 is 1.33 bits per heavy atom. The number of nitro benzene ring substituents is 2. The minimum atomic E-state index is -0.830. The molecule has 0 amide bonds. The highest BCUT2D eigenvalue weighted by atomic mass is 16.6. The highest BCUT2D eigenvalue weighted by Crippen LogP contribution is 2.48. The fourth-order valence-electron chi connectivity index (χ4n) is 2.01. The van der Waals surface area contributed by atoms with Gasteiger partial charge in [0.05, 0.1) is 17.0 Å². The topological polar surface area (TPSA) is 105 Å². The maximum Gasteiger partial charge on any atom is 0.391 e. The van der Waals surface area contributed by atoms with Crippen molar-refractivity contribution in [1.82, 2.24) is 0 Å². The summed E-state index contributed by atoms with van der Waals surface area (Å²) in [5.41, 5.74) is -0.759. The first-order valence-electron chi connectivity index (χ1n) is 5.15. The molecule has 8 nitrogen and oxygen atoms in total. The molecule has 0 aromatic heterocycles. The van der Waals surface area contributed by atoms with Gasteiger partial charge >= 0.3 is 11.4 Å². The van der Waals surface area contributed by atoms with Gasteiger partial charge < -0.3 is 9.47 Å². The predicted octanol–water partition coefficient (Wildman–Crippen LogP) is 1.84. The molecule has 0 bridgehead atoms. The van der Waals surface area contributed by atoms with Gasteiger partial charge in [-0.05, 0) is 13.0 Å². The third-order valence-corrected chi connectivity index (χ3v) is 2.68. The van der Waals surface area contributed by atoms with Gasteiger partial charge in [0.15, 0.2) is 0 Å². The Labute approximate surface area is 101 Å². The maximum absolute atomic E-state index is 11.0. The highest BCUT2D eigenvalue weighted by molar-refractivity contribution is 5.72. The fourth-order valence-corrected chi connectivity index (χ4v) is 2.01. The zero-order valence-corrected chi connectivity index (χ0v) is 9.71. The summed E-state index contributed by atoms with van der Waals surface area (Å²) >= 11 is 0. The molecular formula is C10H10N2O6. The lowest BCUT2D eigenvalue weighted by Gasteiger charge is -2.06. The maximum atomic E-state index is 11.0. The molecule has 0 saturated heterocycles. The van der Waals surface area contributed by atoms with Crippen LogP contribution in [-0.4, -0.2) is 23.1 Å². The van der Waals surface area contributed by atoms with Crippen molar-refractivity contribution < 1.29 is 19.3 Å². The van der Waals surface area contributed by atoms with Crippen LogP contribution >= 0.6 is 0 Å². The molecule has 1 aromatic carbocycles. The normalized spacial score (nSPS) is 16.9. The molecule has 1 heterocycles. The molecule has 0 spiro atoms. The number of hydrogen-bond acceptors (Lipinski definition) is 6. The average molecular weight is 254 g/mol. The third kappa shape index (κ3) is 1.71. The number of ether oxygens (including phenoxy) is 2. The van der Waals surface area contributed by atoms with Gasteiger partial charge in [-0.15, -0.1) is 0 Å². The number of methoxy groups -OCH3 is 1. The summed E-state index contributed by atoms with van der Waals surface area (Å²) in [6, 6.07) is 1.42. The van der Waals surface area contributed by atoms with Crippen molar-refractivity contribution in [2.75, 3.05) is 7.11 Å². The highest BCUT2D eigenvalue weighted by Gasteiger charge is 2.40. The first-order chi connectivity index (χ1) is 8.45. The Morgan fingerprint density at radius 2 is 1.94 bits per heavy atom. The van der Waals surface area contributed by atoms with Crippen molar-refractivity contribution >= 4 is 11.4 Å². The minimum absolute atomic E-state index is 0.0278. The molecule has 0 fully saturated rings. The molecule has 1 aliphatic heterocycles. The Hall–Kier alpha value is -2.38. The smallest absolute Gasteiger partial charge is 0.391 e. The van der Waals surface area contributed by atoms with Crippen LogP contribution in [0.15, 0.2) is 6.07 Å². The van der Waals surface area contributed by atoms with E-state index in [1.54, 1.807) is 6.92 Å². The molecule has 96 valence electrons. The van der Waals surface area contributed by atoms with Gasteiger partial charge in [0.25, 0.3) is 0 Å². The van der Waals surface area contributed by atoms with Crippen LogP contribution in [-0.2, 0) is 6.42 Å². The lowest BCUT2D eigenvalue weighted by atomic mass is 10.1. The van der Waals surface area contributed by atoms with Crippen LogP contribution in [0.2, 0.25) is 0 Å². The Kier molecular flexibility index (Phi) is 2.77. The predicted molar refractivity (Wildman–Crippen MR) is 60.1 cm³/mol. The largest absolute Gasteiger partial charge is 0.490 e. The fraction of sp³-hybridized carbons (Fsp3) is 0.400. The van der Waals surface area contributed by atoms with E-state index in [1.807, 2.05) is 0 Å². The number of nitro groups is 2. The SMILES string of the molecule is COc1cc2c(c([N+](=O)[O-])c1[N+](=O)[O-])OC(C)C2. The Balaban J connectivity index is 2.77. The van der Waals surface area contributed by atoms with Crippen molar-refractivity contribution in [3.8, 4) is 11.5 Å². The monoisotopic (exact) mass is 254 g/mol. The molecule has 1 atom stereocenters. The first kappa shape index (κ1) is 12.1. The van der Waals surface area contributed by atoms with E-state index in [2.05, 4.69) is 0 Å². The summed E-state index contributed by atoms with van der Waals surface area (Å²) in [6.45, 7) is 1.74. The molecule has 1 unspecified atom stereocenters. The van der Waals surface area contributed by atoms with E-state index in [0.717, 1.165) is 0 Å². The van der Waals surface area contributed by atoms with Crippen molar-refractivity contribution in [2.24, 2.45) is 0 Å². The van der Waals surface area contributed by atoms with Crippen LogP contribution in [0.3, 0.4) is 0 Å². The molecule has 0 aliphatic carbocycles. The Bertz CT molecular complexity index is 542. The number of nitrogens with zero attached hydrogens (tertiary/aromatic N) is 2. The molecule has 8 heteroatoms. The second-order valence-corrected chi connectivity index (χ2v) is 3.91. The number of fused-ring (bicyclic) bond motifs is 1. The molecule has 0 N–H and O–H groups in total. The van der Waals surface area contributed by atoms with Gasteiger partial charge in [0.1, 0.15) is 6.10 Å². The summed E-state index contributed by atoms with van der Waals surface area (Å²) in [5, 5.41) is 22.0. The average Bonchev–Trinajstić information content (AvgIpc) is 2.65. The molecule has 1 aromatic rings. The van der Waals surface area contributed by atoms with Gasteiger partial charge in [-0.25, -0.2) is 0 Å². The van der Waals surface area contributed by atoms with Crippen LogP contribution in [0, 0.1) is 20.2 Å². The van der Waals surface area contributed by atoms with Crippen LogP contribution in [0.1, 0.15) is 12.5 Å². The molecule has 0 saturated carbocycles. The van der Waals surface area contributed by atoms with Gasteiger partial charge in [-0.1, -0.05) is 0 Å². The van der Waals surface area contributed by atoms with E-state index in [1.165, 1.54) is 13.2 Å².